The van der Waals surface area contributed by atoms with Gasteiger partial charge in [-0.2, -0.15) is 0 Å². The average Bonchev–Trinajstić information content (AvgIpc) is 2.91. The average molecular weight is 280 g/mol. The van der Waals surface area contributed by atoms with Gasteiger partial charge in [-0.05, 0) is 45.2 Å². The molecular weight excluding hydrogens is 248 g/mol. The third kappa shape index (κ3) is 2.41. The first-order valence-corrected chi connectivity index (χ1v) is 8.61. The van der Waals surface area contributed by atoms with Crippen molar-refractivity contribution in [2.45, 2.75) is 44.7 Å². The molecule has 3 saturated heterocycles. The summed E-state index contributed by atoms with van der Waals surface area (Å²) in [5.41, 5.74) is 6.61. The van der Waals surface area contributed by atoms with Gasteiger partial charge in [0.1, 0.15) is 0 Å². The number of nitrogens with two attached hydrogens (primary N) is 1. The zero-order chi connectivity index (χ0) is 14.2. The van der Waals surface area contributed by atoms with E-state index in [1.807, 2.05) is 0 Å². The van der Waals surface area contributed by atoms with Gasteiger partial charge in [-0.25, -0.2) is 0 Å². The van der Waals surface area contributed by atoms with Crippen molar-refractivity contribution in [1.29, 1.82) is 0 Å². The number of hydrogen-bond acceptors (Lipinski definition) is 4. The monoisotopic (exact) mass is 280 g/mol. The first kappa shape index (κ1) is 14.8. The van der Waals surface area contributed by atoms with Crippen LogP contribution in [0.3, 0.4) is 0 Å². The summed E-state index contributed by atoms with van der Waals surface area (Å²) in [5, 5.41) is 0. The molecule has 2 bridgehead atoms. The maximum Gasteiger partial charge on any atom is 0.0385 e. The zero-order valence-electron chi connectivity index (χ0n) is 13.4. The van der Waals surface area contributed by atoms with Gasteiger partial charge in [-0.1, -0.05) is 6.92 Å². The van der Waals surface area contributed by atoms with Crippen molar-refractivity contribution in [3.8, 4) is 0 Å². The molecule has 0 aromatic heterocycles. The highest BCUT2D eigenvalue weighted by atomic mass is 15.3. The van der Waals surface area contributed by atoms with E-state index in [0.717, 1.165) is 18.5 Å². The molecule has 0 aliphatic carbocycles. The molecule has 3 heterocycles. The highest BCUT2D eigenvalue weighted by Gasteiger charge is 2.49. The molecule has 0 amide bonds. The predicted octanol–water partition coefficient (Wildman–Crippen LogP) is 0.826. The summed E-state index contributed by atoms with van der Waals surface area (Å²) in [6, 6.07) is 0.735. The Hall–Kier alpha value is -0.160. The molecule has 20 heavy (non-hydrogen) atoms. The van der Waals surface area contributed by atoms with Crippen LogP contribution >= 0.6 is 0 Å². The third-order valence-electron chi connectivity index (χ3n) is 6.40. The van der Waals surface area contributed by atoms with Crippen LogP contribution in [0, 0.1) is 5.92 Å². The largest absolute Gasteiger partial charge is 0.329 e. The predicted molar refractivity (Wildman–Crippen MR) is 83.8 cm³/mol. The van der Waals surface area contributed by atoms with Gasteiger partial charge in [0, 0.05) is 50.8 Å². The highest BCUT2D eigenvalue weighted by molar-refractivity contribution is 5.06. The molecule has 0 saturated carbocycles. The van der Waals surface area contributed by atoms with E-state index < -0.39 is 0 Å². The Morgan fingerprint density at radius 2 is 1.90 bits per heavy atom. The summed E-state index contributed by atoms with van der Waals surface area (Å²) in [6.07, 6.45) is 3.92. The van der Waals surface area contributed by atoms with Gasteiger partial charge in [0.2, 0.25) is 0 Å². The summed E-state index contributed by atoms with van der Waals surface area (Å²) >= 11 is 0. The molecule has 2 N–H and O–H groups in total. The summed E-state index contributed by atoms with van der Waals surface area (Å²) in [5.74, 6) is 0.816. The van der Waals surface area contributed by atoms with E-state index in [1.165, 1.54) is 65.1 Å². The number of piperidine rings is 1. The van der Waals surface area contributed by atoms with Gasteiger partial charge in [0.05, 0.1) is 0 Å². The lowest BCUT2D eigenvalue weighted by Gasteiger charge is -2.53. The van der Waals surface area contributed by atoms with Gasteiger partial charge in [0.15, 0.2) is 0 Å². The van der Waals surface area contributed by atoms with E-state index in [4.69, 9.17) is 5.73 Å². The maximum absolute atomic E-state index is 6.30. The van der Waals surface area contributed by atoms with Crippen molar-refractivity contribution < 1.29 is 0 Å². The van der Waals surface area contributed by atoms with Crippen LogP contribution in [0.15, 0.2) is 0 Å². The van der Waals surface area contributed by atoms with Gasteiger partial charge in [0.25, 0.3) is 0 Å². The molecule has 0 aromatic carbocycles. The van der Waals surface area contributed by atoms with Crippen molar-refractivity contribution in [1.82, 2.24) is 14.7 Å². The van der Waals surface area contributed by atoms with Gasteiger partial charge < -0.3 is 10.6 Å². The summed E-state index contributed by atoms with van der Waals surface area (Å²) < 4.78 is 0. The molecule has 116 valence electrons. The molecule has 3 aliphatic rings. The van der Waals surface area contributed by atoms with E-state index in [9.17, 15) is 0 Å². The standard InChI is InChI=1S/C16H32N4/c1-3-14(2)19-8-10-20(11-9-19)16(13-17)5-7-18-6-4-15(16)12-18/h14-15H,3-13,17H2,1-2H3. The molecule has 0 aromatic rings. The van der Waals surface area contributed by atoms with Crippen molar-refractivity contribution in [3.63, 3.8) is 0 Å². The summed E-state index contributed by atoms with van der Waals surface area (Å²) in [7, 11) is 0. The van der Waals surface area contributed by atoms with Crippen molar-refractivity contribution in [2.24, 2.45) is 11.7 Å². The molecule has 4 atom stereocenters. The fraction of sp³-hybridized carbons (Fsp3) is 1.00. The Labute approximate surface area is 124 Å². The van der Waals surface area contributed by atoms with E-state index in [-0.39, 0.29) is 0 Å². The second-order valence-corrected chi connectivity index (χ2v) is 7.12. The number of hydrogen-bond donors (Lipinski definition) is 1. The molecule has 4 unspecified atom stereocenters. The quantitative estimate of drug-likeness (QED) is 0.827. The van der Waals surface area contributed by atoms with Gasteiger partial charge >= 0.3 is 0 Å². The topological polar surface area (TPSA) is 35.7 Å². The fourth-order valence-electron chi connectivity index (χ4n) is 4.71. The van der Waals surface area contributed by atoms with Crippen molar-refractivity contribution >= 4 is 0 Å². The minimum atomic E-state index is 0.314. The van der Waals surface area contributed by atoms with E-state index >= 15 is 0 Å². The van der Waals surface area contributed by atoms with Crippen LogP contribution in [-0.2, 0) is 0 Å². The summed E-state index contributed by atoms with van der Waals surface area (Å²) in [4.78, 5) is 8.05. The van der Waals surface area contributed by atoms with E-state index in [1.54, 1.807) is 0 Å². The van der Waals surface area contributed by atoms with Crippen LogP contribution in [0.2, 0.25) is 0 Å². The smallest absolute Gasteiger partial charge is 0.0385 e. The first-order chi connectivity index (χ1) is 9.69. The van der Waals surface area contributed by atoms with E-state index in [0.29, 0.717) is 5.54 Å². The minimum Gasteiger partial charge on any atom is -0.329 e. The first-order valence-electron chi connectivity index (χ1n) is 8.61. The molecule has 4 heteroatoms. The van der Waals surface area contributed by atoms with Gasteiger partial charge in [-0.3, -0.25) is 9.80 Å². The highest BCUT2D eigenvalue weighted by Crippen LogP contribution is 2.39. The van der Waals surface area contributed by atoms with Crippen LogP contribution < -0.4 is 5.73 Å². The maximum atomic E-state index is 6.30. The Bertz CT molecular complexity index is 326. The number of nitrogens with zero attached hydrogens (tertiary/aromatic N) is 3. The normalized spacial score (nSPS) is 41.0. The lowest BCUT2D eigenvalue weighted by Crippen LogP contribution is -2.66. The third-order valence-corrected chi connectivity index (χ3v) is 6.40. The number of fused-ring (bicyclic) bond motifs is 2. The van der Waals surface area contributed by atoms with Crippen molar-refractivity contribution in [2.75, 3.05) is 52.4 Å². The molecule has 0 spiro atoms. The molecule has 3 rings (SSSR count). The lowest BCUT2D eigenvalue weighted by atomic mass is 9.77. The van der Waals surface area contributed by atoms with Crippen LogP contribution in [-0.4, -0.2) is 78.6 Å². The van der Waals surface area contributed by atoms with Crippen LogP contribution in [0.25, 0.3) is 0 Å². The zero-order valence-corrected chi connectivity index (χ0v) is 13.4. The van der Waals surface area contributed by atoms with Crippen LogP contribution in [0.4, 0.5) is 0 Å². The Kier molecular flexibility index (Phi) is 4.37. The molecule has 0 radical (unpaired) electrons. The lowest BCUT2D eigenvalue weighted by molar-refractivity contribution is -0.0289. The minimum absolute atomic E-state index is 0.314. The van der Waals surface area contributed by atoms with Crippen LogP contribution in [0.1, 0.15) is 33.1 Å². The number of piperazine rings is 1. The van der Waals surface area contributed by atoms with Gasteiger partial charge in [-0.15, -0.1) is 0 Å². The fourth-order valence-corrected chi connectivity index (χ4v) is 4.71. The van der Waals surface area contributed by atoms with Crippen molar-refractivity contribution in [3.05, 3.63) is 0 Å². The molecule has 3 aliphatic heterocycles. The molecule has 4 nitrogen and oxygen atoms in total. The second kappa shape index (κ2) is 5.91. The Morgan fingerprint density at radius 1 is 1.15 bits per heavy atom. The molecule has 3 fully saturated rings. The van der Waals surface area contributed by atoms with Crippen LogP contribution in [0.5, 0.6) is 0 Å². The molecular formula is C16H32N4. The number of rotatable bonds is 4. The SMILES string of the molecule is CCC(C)N1CCN(C2(CN)CCN3CCC2C3)CC1. The summed E-state index contributed by atoms with van der Waals surface area (Å²) in [6.45, 7) is 14.3. The Morgan fingerprint density at radius 3 is 2.55 bits per heavy atom. The van der Waals surface area contributed by atoms with E-state index in [2.05, 4.69) is 28.5 Å². The second-order valence-electron chi connectivity index (χ2n) is 7.12. The Balaban J connectivity index is 1.66.